The monoisotopic (exact) mass is 309 g/mol. The van der Waals surface area contributed by atoms with Crippen molar-refractivity contribution in [3.05, 3.63) is 41.3 Å². The first-order valence-electron chi connectivity index (χ1n) is 5.90. The maximum absolute atomic E-state index is 12.8. The average Bonchev–Trinajstić information content (AvgIpc) is 2.82. The molecule has 0 atom stereocenters. The molecule has 0 saturated heterocycles. The van der Waals surface area contributed by atoms with Crippen molar-refractivity contribution >= 4 is 34.2 Å². The highest BCUT2D eigenvalue weighted by molar-refractivity contribution is 7.11. The van der Waals surface area contributed by atoms with E-state index in [1.807, 2.05) is 0 Å². The summed E-state index contributed by atoms with van der Waals surface area (Å²) < 4.78 is 16.7. The average molecular weight is 309 g/mol. The topological polar surface area (TPSA) is 82.5 Å². The van der Waals surface area contributed by atoms with Gasteiger partial charge in [0.05, 0.1) is 5.69 Å². The van der Waals surface area contributed by atoms with Crippen LogP contribution in [0.2, 0.25) is 0 Å². The Morgan fingerprint density at radius 1 is 1.33 bits per heavy atom. The second-order valence-electron chi connectivity index (χ2n) is 4.25. The van der Waals surface area contributed by atoms with Gasteiger partial charge in [-0.1, -0.05) is 0 Å². The molecule has 2 rings (SSSR count). The molecule has 21 heavy (non-hydrogen) atoms. The van der Waals surface area contributed by atoms with Crippen molar-refractivity contribution in [2.75, 3.05) is 17.3 Å². The zero-order valence-corrected chi connectivity index (χ0v) is 12.1. The number of urea groups is 1. The highest BCUT2D eigenvalue weighted by Crippen LogP contribution is 2.28. The fourth-order valence-corrected chi connectivity index (χ4v) is 2.51. The fourth-order valence-electron chi connectivity index (χ4n) is 1.67. The third-order valence-corrected chi connectivity index (χ3v) is 3.78. The number of carboxylic acids is 1. The number of aromatic nitrogens is 1. The number of hydrogen-bond acceptors (Lipinski definition) is 4. The number of nitrogens with one attached hydrogen (secondary N) is 1. The summed E-state index contributed by atoms with van der Waals surface area (Å²) >= 11 is 0.928. The zero-order valence-electron chi connectivity index (χ0n) is 11.3. The van der Waals surface area contributed by atoms with Crippen LogP contribution in [-0.2, 0) is 0 Å². The van der Waals surface area contributed by atoms with Gasteiger partial charge in [0.1, 0.15) is 16.4 Å². The van der Waals surface area contributed by atoms with Crippen LogP contribution in [0.15, 0.2) is 24.3 Å². The third-order valence-electron chi connectivity index (χ3n) is 2.76. The summed E-state index contributed by atoms with van der Waals surface area (Å²) in [6.45, 7) is 1.56. The van der Waals surface area contributed by atoms with Crippen LogP contribution in [-0.4, -0.2) is 28.5 Å². The number of amides is 2. The van der Waals surface area contributed by atoms with Gasteiger partial charge in [-0.25, -0.2) is 14.0 Å². The summed E-state index contributed by atoms with van der Waals surface area (Å²) in [5.74, 6) is -1.55. The standard InChI is InChI=1S/C13H12FN3O3S/c1-7-10(12(18)19)11(21-16-7)17(2)13(20)15-9-5-3-8(14)4-6-9/h3-6H,1-2H3,(H,15,20)(H,18,19). The highest BCUT2D eigenvalue weighted by Gasteiger charge is 2.23. The van der Waals surface area contributed by atoms with Crippen LogP contribution in [0.4, 0.5) is 19.9 Å². The van der Waals surface area contributed by atoms with E-state index in [0.717, 1.165) is 16.4 Å². The summed E-state index contributed by atoms with van der Waals surface area (Å²) in [5.41, 5.74) is 0.757. The van der Waals surface area contributed by atoms with Crippen molar-refractivity contribution in [3.63, 3.8) is 0 Å². The number of halogens is 1. The number of rotatable bonds is 3. The van der Waals surface area contributed by atoms with Crippen molar-refractivity contribution in [1.82, 2.24) is 4.37 Å². The van der Waals surface area contributed by atoms with Crippen LogP contribution in [0.1, 0.15) is 16.1 Å². The van der Waals surface area contributed by atoms with Crippen LogP contribution < -0.4 is 10.2 Å². The summed E-state index contributed by atoms with van der Waals surface area (Å²) in [4.78, 5) is 24.4. The lowest BCUT2D eigenvalue weighted by molar-refractivity contribution is 0.0697. The number of carboxylic acid groups (broad SMARTS) is 1. The van der Waals surface area contributed by atoms with Gasteiger partial charge in [0.15, 0.2) is 0 Å². The minimum absolute atomic E-state index is 0.00300. The lowest BCUT2D eigenvalue weighted by atomic mass is 10.2. The van der Waals surface area contributed by atoms with E-state index in [9.17, 15) is 14.0 Å². The maximum atomic E-state index is 12.8. The van der Waals surface area contributed by atoms with Crippen molar-refractivity contribution in [3.8, 4) is 0 Å². The second-order valence-corrected chi connectivity index (χ2v) is 5.00. The Bertz CT molecular complexity index is 684. The van der Waals surface area contributed by atoms with Crippen LogP contribution >= 0.6 is 11.5 Å². The normalized spacial score (nSPS) is 10.2. The molecule has 0 fully saturated rings. The van der Waals surface area contributed by atoms with Gasteiger partial charge < -0.3 is 10.4 Å². The molecule has 0 spiro atoms. The first-order valence-corrected chi connectivity index (χ1v) is 6.67. The summed E-state index contributed by atoms with van der Waals surface area (Å²) in [5, 5.41) is 11.9. The Kier molecular flexibility index (Phi) is 4.18. The molecule has 2 N–H and O–H groups in total. The lowest BCUT2D eigenvalue weighted by Crippen LogP contribution is -2.31. The summed E-state index contributed by atoms with van der Waals surface area (Å²) in [6, 6.07) is 4.73. The molecule has 1 aromatic heterocycles. The molecule has 0 aliphatic carbocycles. The molecule has 0 unspecified atom stereocenters. The minimum atomic E-state index is -1.14. The van der Waals surface area contributed by atoms with E-state index in [1.54, 1.807) is 6.92 Å². The number of nitrogens with zero attached hydrogens (tertiary/aromatic N) is 2. The number of carbonyl (C=O) groups excluding carboxylic acids is 1. The molecule has 0 bridgehead atoms. The maximum Gasteiger partial charge on any atom is 0.340 e. The van der Waals surface area contributed by atoms with E-state index >= 15 is 0 Å². The van der Waals surface area contributed by atoms with E-state index in [4.69, 9.17) is 5.11 Å². The van der Waals surface area contributed by atoms with E-state index < -0.39 is 17.8 Å². The molecule has 0 aliphatic rings. The van der Waals surface area contributed by atoms with Crippen LogP contribution in [0.3, 0.4) is 0 Å². The number of anilines is 2. The molecule has 0 radical (unpaired) electrons. The number of aryl methyl sites for hydroxylation is 1. The Morgan fingerprint density at radius 3 is 2.52 bits per heavy atom. The predicted molar refractivity (Wildman–Crippen MR) is 77.6 cm³/mol. The third kappa shape index (κ3) is 3.16. The van der Waals surface area contributed by atoms with Gasteiger partial charge in [-0.2, -0.15) is 4.37 Å². The second kappa shape index (κ2) is 5.88. The number of hydrogen-bond donors (Lipinski definition) is 2. The van der Waals surface area contributed by atoms with Crippen LogP contribution in [0.5, 0.6) is 0 Å². The molecule has 1 aromatic carbocycles. The number of carbonyl (C=O) groups is 2. The van der Waals surface area contributed by atoms with Gasteiger partial charge in [0.25, 0.3) is 0 Å². The molecular formula is C13H12FN3O3S. The Morgan fingerprint density at radius 2 is 1.95 bits per heavy atom. The zero-order chi connectivity index (χ0) is 15.6. The van der Waals surface area contributed by atoms with Crippen molar-refractivity contribution in [2.45, 2.75) is 6.92 Å². The molecule has 110 valence electrons. The molecule has 1 heterocycles. The highest BCUT2D eigenvalue weighted by atomic mass is 32.1. The van der Waals surface area contributed by atoms with E-state index in [0.29, 0.717) is 11.4 Å². The molecule has 0 aliphatic heterocycles. The Labute approximate surface area is 124 Å². The van der Waals surface area contributed by atoms with Crippen molar-refractivity contribution < 1.29 is 19.1 Å². The first kappa shape index (κ1) is 14.9. The van der Waals surface area contributed by atoms with E-state index in [1.165, 1.54) is 31.3 Å². The van der Waals surface area contributed by atoms with Crippen LogP contribution in [0.25, 0.3) is 0 Å². The van der Waals surface area contributed by atoms with Gasteiger partial charge in [-0.15, -0.1) is 0 Å². The molecule has 0 saturated carbocycles. The number of aromatic carboxylic acids is 1. The molecule has 2 amide bonds. The minimum Gasteiger partial charge on any atom is -0.478 e. The van der Waals surface area contributed by atoms with E-state index in [-0.39, 0.29) is 10.6 Å². The molecular weight excluding hydrogens is 297 g/mol. The van der Waals surface area contributed by atoms with Gasteiger partial charge in [-0.3, -0.25) is 4.90 Å². The molecule has 8 heteroatoms. The largest absolute Gasteiger partial charge is 0.478 e. The molecule has 2 aromatic rings. The van der Waals surface area contributed by atoms with Gasteiger partial charge in [-0.05, 0) is 42.7 Å². The Hall–Kier alpha value is -2.48. The number of benzene rings is 1. The van der Waals surface area contributed by atoms with Crippen molar-refractivity contribution in [1.29, 1.82) is 0 Å². The summed E-state index contributed by atoms with van der Waals surface area (Å²) in [6.07, 6.45) is 0. The smallest absolute Gasteiger partial charge is 0.340 e. The van der Waals surface area contributed by atoms with Gasteiger partial charge in [0, 0.05) is 12.7 Å². The Balaban J connectivity index is 2.20. The van der Waals surface area contributed by atoms with Crippen LogP contribution in [0, 0.1) is 12.7 Å². The summed E-state index contributed by atoms with van der Waals surface area (Å²) in [7, 11) is 1.44. The van der Waals surface area contributed by atoms with E-state index in [2.05, 4.69) is 9.69 Å². The SMILES string of the molecule is Cc1nsc(N(C)C(=O)Nc2ccc(F)cc2)c1C(=O)O. The van der Waals surface area contributed by atoms with Gasteiger partial charge in [0.2, 0.25) is 0 Å². The van der Waals surface area contributed by atoms with Gasteiger partial charge >= 0.3 is 12.0 Å². The fraction of sp³-hybridized carbons (Fsp3) is 0.154. The lowest BCUT2D eigenvalue weighted by Gasteiger charge is -2.16. The first-order chi connectivity index (χ1) is 9.90. The quantitative estimate of drug-likeness (QED) is 0.913. The van der Waals surface area contributed by atoms with Crippen molar-refractivity contribution in [2.24, 2.45) is 0 Å². The predicted octanol–water partition coefficient (Wildman–Crippen LogP) is 2.96. The molecule has 6 nitrogen and oxygen atoms in total.